The minimum absolute atomic E-state index is 0.0163. The molecule has 37 heavy (non-hydrogen) atoms. The largest absolute Gasteiger partial charge is 0.508 e. The van der Waals surface area contributed by atoms with Crippen molar-refractivity contribution in [1.29, 1.82) is 0 Å². The molecule has 1 heterocycles. The van der Waals surface area contributed by atoms with Crippen LogP contribution in [-0.4, -0.2) is 38.6 Å². The number of imidazole rings is 1. The maximum atomic E-state index is 13.9. The van der Waals surface area contributed by atoms with Gasteiger partial charge in [0.05, 0.1) is 17.1 Å². The molecule has 0 aliphatic heterocycles. The Morgan fingerprint density at radius 1 is 1.05 bits per heavy atom. The quantitative estimate of drug-likeness (QED) is 0.287. The van der Waals surface area contributed by atoms with Gasteiger partial charge in [-0.3, -0.25) is 4.79 Å². The van der Waals surface area contributed by atoms with Gasteiger partial charge in [-0.25, -0.2) is 4.98 Å². The summed E-state index contributed by atoms with van der Waals surface area (Å²) in [4.78, 5) is 21.0. The third-order valence-corrected chi connectivity index (χ3v) is 6.90. The maximum Gasteiger partial charge on any atom is 0.254 e. The molecule has 0 bridgehead atoms. The summed E-state index contributed by atoms with van der Waals surface area (Å²) in [5, 5.41) is 10.1. The van der Waals surface area contributed by atoms with Crippen molar-refractivity contribution in [3.63, 3.8) is 0 Å². The normalized spacial score (nSPS) is 12.3. The SMILES string of the molecule is CCc1ccc2c(c1)nc([C@@H](C(C)C)N(CCCN)C(=O)c1ccc(C)cc1)n2Cc1cccc(O)c1. The van der Waals surface area contributed by atoms with Crippen molar-refractivity contribution >= 4 is 16.9 Å². The number of rotatable bonds is 10. The molecule has 0 fully saturated rings. The predicted octanol–water partition coefficient (Wildman–Crippen LogP) is 5.85. The Morgan fingerprint density at radius 3 is 2.46 bits per heavy atom. The van der Waals surface area contributed by atoms with Crippen LogP contribution in [0.2, 0.25) is 0 Å². The molecular formula is C31H38N4O2. The number of aromatic nitrogens is 2. The van der Waals surface area contributed by atoms with Gasteiger partial charge in [0, 0.05) is 18.7 Å². The molecule has 1 amide bonds. The summed E-state index contributed by atoms with van der Waals surface area (Å²) < 4.78 is 2.20. The van der Waals surface area contributed by atoms with Crippen molar-refractivity contribution in [2.75, 3.05) is 13.1 Å². The Labute approximate surface area is 219 Å². The van der Waals surface area contributed by atoms with Crippen molar-refractivity contribution in [2.45, 2.75) is 53.1 Å². The maximum absolute atomic E-state index is 13.9. The number of aryl methyl sites for hydroxylation is 2. The van der Waals surface area contributed by atoms with Crippen LogP contribution in [0.4, 0.5) is 0 Å². The number of carbonyl (C=O) groups excluding carboxylic acids is 1. The van der Waals surface area contributed by atoms with Crippen molar-refractivity contribution in [2.24, 2.45) is 11.7 Å². The monoisotopic (exact) mass is 498 g/mol. The molecule has 4 aromatic rings. The van der Waals surface area contributed by atoms with Crippen LogP contribution in [0.3, 0.4) is 0 Å². The molecule has 0 unspecified atom stereocenters. The molecule has 0 spiro atoms. The molecule has 194 valence electrons. The first kappa shape index (κ1) is 26.4. The van der Waals surface area contributed by atoms with Gasteiger partial charge in [-0.1, -0.05) is 56.7 Å². The fraction of sp³-hybridized carbons (Fsp3) is 0.355. The fourth-order valence-electron chi connectivity index (χ4n) is 4.93. The lowest BCUT2D eigenvalue weighted by Crippen LogP contribution is -2.40. The summed E-state index contributed by atoms with van der Waals surface area (Å²) >= 11 is 0. The van der Waals surface area contributed by atoms with Gasteiger partial charge < -0.3 is 20.3 Å². The first-order valence-corrected chi connectivity index (χ1v) is 13.2. The van der Waals surface area contributed by atoms with Crippen molar-refractivity contribution < 1.29 is 9.90 Å². The highest BCUT2D eigenvalue weighted by Crippen LogP contribution is 2.33. The molecule has 0 saturated carbocycles. The van der Waals surface area contributed by atoms with Gasteiger partial charge >= 0.3 is 0 Å². The predicted molar refractivity (Wildman–Crippen MR) is 150 cm³/mol. The number of amides is 1. The van der Waals surface area contributed by atoms with E-state index in [0.717, 1.165) is 34.4 Å². The lowest BCUT2D eigenvalue weighted by molar-refractivity contribution is 0.0605. The Morgan fingerprint density at radius 2 is 1.81 bits per heavy atom. The van der Waals surface area contributed by atoms with E-state index in [1.165, 1.54) is 5.56 Å². The molecule has 3 N–H and O–H groups in total. The number of aromatic hydroxyl groups is 1. The average molecular weight is 499 g/mol. The van der Waals surface area contributed by atoms with Crippen LogP contribution in [0.15, 0.2) is 66.7 Å². The van der Waals surface area contributed by atoms with Gasteiger partial charge in [0.2, 0.25) is 0 Å². The molecule has 6 nitrogen and oxygen atoms in total. The number of phenolic OH excluding ortho intramolecular Hbond substituents is 1. The van der Waals surface area contributed by atoms with E-state index in [1.54, 1.807) is 12.1 Å². The van der Waals surface area contributed by atoms with Gasteiger partial charge in [0.25, 0.3) is 5.91 Å². The lowest BCUT2D eigenvalue weighted by atomic mass is 9.99. The van der Waals surface area contributed by atoms with Gasteiger partial charge in [0.1, 0.15) is 11.6 Å². The van der Waals surface area contributed by atoms with E-state index in [2.05, 4.69) is 43.5 Å². The highest BCUT2D eigenvalue weighted by molar-refractivity contribution is 5.94. The third kappa shape index (κ3) is 5.86. The summed E-state index contributed by atoms with van der Waals surface area (Å²) in [5.74, 6) is 1.17. The van der Waals surface area contributed by atoms with Crippen LogP contribution in [0, 0.1) is 12.8 Å². The van der Waals surface area contributed by atoms with E-state index in [9.17, 15) is 9.90 Å². The van der Waals surface area contributed by atoms with E-state index in [0.29, 0.717) is 31.6 Å². The Kier molecular flexibility index (Phi) is 8.29. The lowest BCUT2D eigenvalue weighted by Gasteiger charge is -2.34. The highest BCUT2D eigenvalue weighted by atomic mass is 16.3. The van der Waals surface area contributed by atoms with E-state index in [4.69, 9.17) is 10.7 Å². The number of fused-ring (bicyclic) bond motifs is 1. The van der Waals surface area contributed by atoms with Crippen LogP contribution in [-0.2, 0) is 13.0 Å². The molecule has 0 radical (unpaired) electrons. The van der Waals surface area contributed by atoms with Gasteiger partial charge in [0.15, 0.2) is 0 Å². The molecule has 4 rings (SSSR count). The van der Waals surface area contributed by atoms with Crippen LogP contribution in [0.1, 0.15) is 66.1 Å². The van der Waals surface area contributed by atoms with Gasteiger partial charge in [-0.05, 0) is 79.8 Å². The smallest absolute Gasteiger partial charge is 0.254 e. The van der Waals surface area contributed by atoms with Crippen LogP contribution < -0.4 is 5.73 Å². The standard InChI is InChI=1S/C31H38N4O2/c1-5-23-12-15-28-27(19-23)33-30(35(28)20-24-8-6-9-26(36)18-24)29(21(2)3)34(17-7-16-32)31(37)25-13-10-22(4)11-14-25/h6,8-15,18-19,21,29,36H,5,7,16-17,20,32H2,1-4H3/t29-/m1/s1. The zero-order chi connectivity index (χ0) is 26.5. The second kappa shape index (κ2) is 11.6. The first-order valence-electron chi connectivity index (χ1n) is 13.2. The van der Waals surface area contributed by atoms with E-state index in [1.807, 2.05) is 48.2 Å². The van der Waals surface area contributed by atoms with E-state index >= 15 is 0 Å². The Hall–Kier alpha value is -3.64. The molecule has 1 aromatic heterocycles. The minimum Gasteiger partial charge on any atom is -0.508 e. The zero-order valence-electron chi connectivity index (χ0n) is 22.3. The number of benzene rings is 3. The second-order valence-electron chi connectivity index (χ2n) is 10.1. The van der Waals surface area contributed by atoms with E-state index < -0.39 is 0 Å². The molecule has 6 heteroatoms. The average Bonchev–Trinajstić information content (AvgIpc) is 3.22. The molecule has 1 atom stereocenters. The summed E-state index contributed by atoms with van der Waals surface area (Å²) in [6.45, 7) is 10.0. The summed E-state index contributed by atoms with van der Waals surface area (Å²) in [5.41, 5.74) is 11.8. The molecule has 0 aliphatic rings. The third-order valence-electron chi connectivity index (χ3n) is 6.90. The van der Waals surface area contributed by atoms with Crippen LogP contribution >= 0.6 is 0 Å². The van der Waals surface area contributed by atoms with Gasteiger partial charge in [-0.15, -0.1) is 0 Å². The Balaban J connectivity index is 1.87. The fourth-order valence-corrected chi connectivity index (χ4v) is 4.93. The summed E-state index contributed by atoms with van der Waals surface area (Å²) in [6, 6.07) is 21.2. The molecule has 0 saturated heterocycles. The number of phenols is 1. The zero-order valence-corrected chi connectivity index (χ0v) is 22.3. The highest BCUT2D eigenvalue weighted by Gasteiger charge is 2.32. The van der Waals surface area contributed by atoms with Crippen LogP contribution in [0.5, 0.6) is 5.75 Å². The minimum atomic E-state index is -0.255. The van der Waals surface area contributed by atoms with Crippen molar-refractivity contribution in [1.82, 2.24) is 14.5 Å². The molecular weight excluding hydrogens is 460 g/mol. The number of hydrogen-bond acceptors (Lipinski definition) is 4. The molecule has 0 aliphatic carbocycles. The van der Waals surface area contributed by atoms with Crippen molar-refractivity contribution in [3.05, 3.63) is 94.8 Å². The number of nitrogens with zero attached hydrogens (tertiary/aromatic N) is 3. The first-order chi connectivity index (χ1) is 17.8. The topological polar surface area (TPSA) is 84.4 Å². The number of hydrogen-bond donors (Lipinski definition) is 2. The Bertz CT molecular complexity index is 1360. The number of nitrogens with two attached hydrogens (primary N) is 1. The number of carbonyl (C=O) groups is 1. The van der Waals surface area contributed by atoms with E-state index in [-0.39, 0.29) is 23.6 Å². The van der Waals surface area contributed by atoms with Gasteiger partial charge in [-0.2, -0.15) is 0 Å². The summed E-state index contributed by atoms with van der Waals surface area (Å²) in [6.07, 6.45) is 1.63. The molecule has 3 aromatic carbocycles. The second-order valence-corrected chi connectivity index (χ2v) is 10.1. The van der Waals surface area contributed by atoms with Crippen LogP contribution in [0.25, 0.3) is 11.0 Å². The van der Waals surface area contributed by atoms with Crippen molar-refractivity contribution in [3.8, 4) is 5.75 Å². The summed E-state index contributed by atoms with van der Waals surface area (Å²) in [7, 11) is 0.